The average molecular weight is 761 g/mol. The first-order valence-corrected chi connectivity index (χ1v) is 19.2. The predicted octanol–water partition coefficient (Wildman–Crippen LogP) is -0.558. The van der Waals surface area contributed by atoms with Crippen LogP contribution in [0.3, 0.4) is 0 Å². The van der Waals surface area contributed by atoms with E-state index < -0.39 is 77.4 Å². The predicted molar refractivity (Wildman–Crippen MR) is 137 cm³/mol. The van der Waals surface area contributed by atoms with Crippen LogP contribution in [0.25, 0.3) is 0 Å². The maximum atomic E-state index is 12.3. The third kappa shape index (κ3) is 12.0. The Morgan fingerprint density at radius 1 is 0.886 bits per heavy atom. The van der Waals surface area contributed by atoms with Crippen molar-refractivity contribution < 1.29 is 103 Å². The molecule has 1 aromatic heterocycles. The monoisotopic (exact) mass is 761 g/mol. The Bertz CT molecular complexity index is 1580. The molecule has 33 heteroatoms. The molecule has 2 heterocycles. The van der Waals surface area contributed by atoms with Gasteiger partial charge in [0.2, 0.25) is 6.23 Å². The van der Waals surface area contributed by atoms with E-state index in [0.717, 1.165) is 18.3 Å². The SMILES string of the molecule is C=Nc1c(N)ncnc1N(C)[C@@H]1OC(COP(=O)(O)OP(=O)(O)OP(=O)(O)OP(=O)(O)O)=C(OP(=O)(O)O)C1OP(=O)(O)O. The molecule has 1 aliphatic rings. The summed E-state index contributed by atoms with van der Waals surface area (Å²) in [6.07, 6.45) is -3.41. The quantitative estimate of drug-likeness (QED) is 0.0745. The molecule has 0 bridgehead atoms. The number of hydrogen-bond donors (Lipinski definition) is 10. The van der Waals surface area contributed by atoms with E-state index in [4.69, 9.17) is 25.2 Å². The molecule has 0 fully saturated rings. The highest BCUT2D eigenvalue weighted by Crippen LogP contribution is 2.70. The summed E-state index contributed by atoms with van der Waals surface area (Å²) in [5.41, 5.74) is 5.44. The van der Waals surface area contributed by atoms with Gasteiger partial charge in [-0.1, -0.05) is 0 Å². The van der Waals surface area contributed by atoms with Gasteiger partial charge in [-0.3, -0.25) is 23.8 Å². The van der Waals surface area contributed by atoms with E-state index in [2.05, 4.69) is 48.2 Å². The number of hydrogen-bond acceptors (Lipinski definition) is 18. The lowest BCUT2D eigenvalue weighted by Crippen LogP contribution is -2.42. The fraction of sp³-hybridized carbons (Fsp3) is 0.364. The van der Waals surface area contributed by atoms with Crippen molar-refractivity contribution in [2.45, 2.75) is 12.3 Å². The number of anilines is 2. The molecule has 27 nitrogen and oxygen atoms in total. The standard InChI is InChI=1S/C11H21N5O22P6/c1-13-6-9(12)14-4-15-10(6)16(2)11-8(35-40(20,21)22)7(34-39(17,18)19)5(33-11)3-32-42(26,27)37-44(30,31)38-43(28,29)36-41(23,24)25/h4,8,11H,1,3H2,2H3,(H,26,27)(H,28,29)(H,30,31)(H2,12,14,15)(H2,17,18,19)(H2,20,21,22)(H2,23,24,25)/t8?,11-/m1/s1. The number of rotatable bonds is 16. The van der Waals surface area contributed by atoms with Gasteiger partial charge in [-0.2, -0.15) is 12.9 Å². The zero-order valence-corrected chi connectivity index (χ0v) is 26.4. The lowest BCUT2D eigenvalue weighted by atomic mass is 10.2. The second kappa shape index (κ2) is 13.7. The zero-order chi connectivity index (χ0) is 34.1. The smallest absolute Gasteiger partial charge is 0.465 e. The zero-order valence-electron chi connectivity index (χ0n) is 21.0. The van der Waals surface area contributed by atoms with E-state index in [1.165, 1.54) is 0 Å². The fourth-order valence-electron chi connectivity index (χ4n) is 2.92. The van der Waals surface area contributed by atoms with Gasteiger partial charge >= 0.3 is 46.9 Å². The molecule has 0 saturated heterocycles. The molecule has 1 aliphatic heterocycles. The Balaban J connectivity index is 2.46. The van der Waals surface area contributed by atoms with Gasteiger partial charge in [0.05, 0.1) is 0 Å². The number of nitrogens with zero attached hydrogens (tertiary/aromatic N) is 4. The minimum atomic E-state index is -6.26. The van der Waals surface area contributed by atoms with Crippen molar-refractivity contribution in [1.29, 1.82) is 0 Å². The molecule has 0 radical (unpaired) electrons. The first-order chi connectivity index (χ1) is 19.6. The van der Waals surface area contributed by atoms with Crippen molar-refractivity contribution in [3.05, 3.63) is 17.8 Å². The van der Waals surface area contributed by atoms with Crippen LogP contribution in [0.15, 0.2) is 22.8 Å². The van der Waals surface area contributed by atoms with Crippen molar-refractivity contribution in [3.63, 3.8) is 0 Å². The number of nitrogens with two attached hydrogens (primary N) is 1. The number of phosphoric acid groups is 6. The van der Waals surface area contributed by atoms with Crippen LogP contribution >= 0.6 is 46.9 Å². The normalized spacial score (nSPS) is 22.0. The van der Waals surface area contributed by atoms with Gasteiger partial charge in [0.1, 0.15) is 18.6 Å². The lowest BCUT2D eigenvalue weighted by molar-refractivity contribution is 0.0300. The van der Waals surface area contributed by atoms with Crippen LogP contribution in [0.2, 0.25) is 0 Å². The number of aromatic nitrogens is 2. The van der Waals surface area contributed by atoms with Crippen LogP contribution in [-0.2, 0) is 58.6 Å². The van der Waals surface area contributed by atoms with Gasteiger partial charge in [0, 0.05) is 7.05 Å². The number of likely N-dealkylation sites (N-methyl/N-ethyl adjacent to an activating group) is 1. The molecule has 252 valence electrons. The molecule has 11 N–H and O–H groups in total. The van der Waals surface area contributed by atoms with E-state index in [9.17, 15) is 56.8 Å². The van der Waals surface area contributed by atoms with Crippen LogP contribution in [0, 0.1) is 0 Å². The summed E-state index contributed by atoms with van der Waals surface area (Å²) in [7, 11) is -34.4. The molecule has 0 aliphatic carbocycles. The van der Waals surface area contributed by atoms with Crippen LogP contribution in [0.1, 0.15) is 0 Å². The van der Waals surface area contributed by atoms with Crippen molar-refractivity contribution >= 4 is 71.0 Å². The topological polar surface area (TPSA) is 417 Å². The third-order valence-electron chi connectivity index (χ3n) is 4.21. The van der Waals surface area contributed by atoms with Gasteiger partial charge in [-0.15, -0.1) is 0 Å². The second-order valence-corrected chi connectivity index (χ2v) is 15.9. The number of ether oxygens (including phenoxy) is 1. The Morgan fingerprint density at radius 3 is 1.93 bits per heavy atom. The molecule has 0 amide bonds. The van der Waals surface area contributed by atoms with Gasteiger partial charge in [0.25, 0.3) is 0 Å². The molecule has 44 heavy (non-hydrogen) atoms. The van der Waals surface area contributed by atoms with Gasteiger partial charge in [-0.25, -0.2) is 37.4 Å². The molecule has 0 spiro atoms. The van der Waals surface area contributed by atoms with Crippen LogP contribution < -0.4 is 10.6 Å². The number of aliphatic imine (C=N–C) groups is 1. The summed E-state index contributed by atoms with van der Waals surface area (Å²) in [4.78, 5) is 94.9. The minimum Gasteiger partial charge on any atom is -0.465 e. The Morgan fingerprint density at radius 2 is 1.43 bits per heavy atom. The van der Waals surface area contributed by atoms with Gasteiger partial charge < -0.3 is 54.1 Å². The summed E-state index contributed by atoms with van der Waals surface area (Å²) in [6.45, 7) is 1.67. The van der Waals surface area contributed by atoms with Crippen LogP contribution in [-0.4, -0.2) is 86.7 Å². The summed E-state index contributed by atoms with van der Waals surface area (Å²) < 4.78 is 98.6. The first kappa shape index (κ1) is 38.7. The summed E-state index contributed by atoms with van der Waals surface area (Å²) in [5, 5.41) is 0. The van der Waals surface area contributed by atoms with Gasteiger partial charge in [0.15, 0.2) is 29.3 Å². The molecule has 1 aromatic rings. The molecular weight excluding hydrogens is 740 g/mol. The average Bonchev–Trinajstić information content (AvgIpc) is 3.07. The van der Waals surface area contributed by atoms with Gasteiger partial charge in [-0.05, 0) is 6.72 Å². The molecule has 4 unspecified atom stereocenters. The summed E-state index contributed by atoms with van der Waals surface area (Å²) in [6, 6.07) is 0. The van der Waals surface area contributed by atoms with E-state index in [0.29, 0.717) is 0 Å². The molecule has 2 rings (SSSR count). The highest BCUT2D eigenvalue weighted by atomic mass is 31.3. The van der Waals surface area contributed by atoms with E-state index in [1.54, 1.807) is 0 Å². The molecular formula is C11H21N5O22P6. The van der Waals surface area contributed by atoms with Crippen molar-refractivity contribution in [3.8, 4) is 0 Å². The Hall–Kier alpha value is -1.49. The van der Waals surface area contributed by atoms with E-state index >= 15 is 0 Å². The lowest BCUT2D eigenvalue weighted by Gasteiger charge is -2.30. The highest BCUT2D eigenvalue weighted by molar-refractivity contribution is 7.69. The maximum Gasteiger partial charge on any atom is 0.524 e. The molecule has 0 saturated carbocycles. The van der Waals surface area contributed by atoms with Crippen molar-refractivity contribution in [2.24, 2.45) is 4.99 Å². The number of phosphoric ester groups is 3. The summed E-state index contributed by atoms with van der Waals surface area (Å²) in [5.74, 6) is -2.96. The minimum absolute atomic E-state index is 0.244. The fourth-order valence-corrected chi connectivity index (χ4v) is 8.29. The second-order valence-electron chi connectivity index (χ2n) is 7.51. The van der Waals surface area contributed by atoms with Crippen LogP contribution in [0.5, 0.6) is 0 Å². The highest BCUT2D eigenvalue weighted by Gasteiger charge is 2.50. The van der Waals surface area contributed by atoms with E-state index in [1.807, 2.05) is 0 Å². The molecule has 5 atom stereocenters. The number of nitrogen functional groups attached to an aromatic ring is 1. The van der Waals surface area contributed by atoms with Crippen LogP contribution in [0.4, 0.5) is 17.3 Å². The maximum absolute atomic E-state index is 12.3. The first-order valence-electron chi connectivity index (χ1n) is 10.2. The van der Waals surface area contributed by atoms with E-state index in [-0.39, 0.29) is 17.3 Å². The third-order valence-corrected chi connectivity index (χ3v) is 10.6. The summed E-state index contributed by atoms with van der Waals surface area (Å²) >= 11 is 0. The Kier molecular flexibility index (Phi) is 12.0. The van der Waals surface area contributed by atoms with Crippen molar-refractivity contribution in [1.82, 2.24) is 9.97 Å². The largest absolute Gasteiger partial charge is 0.524 e. The van der Waals surface area contributed by atoms with Crippen molar-refractivity contribution in [2.75, 3.05) is 24.3 Å². The molecule has 0 aromatic carbocycles. The Labute approximate surface area is 243 Å².